The van der Waals surface area contributed by atoms with Crippen LogP contribution in [0.2, 0.25) is 0 Å². The SMILES string of the molecule is C=CC(=O)N1CC[C@H](C(=O)N(C)[C@H](C(=O)N[C@H]2Cc3cc(O)cc(c3)-c3ccc4c(c3)c(c(-c3cc5c(nc3[C@H](C)OC)CCN(C)C5)n4CC)CC(C)(C)COC(=O)[C@@H]3CCCN(N3)C2=O)C(C)C)C1. The van der Waals surface area contributed by atoms with E-state index in [1.54, 1.807) is 31.2 Å². The minimum atomic E-state index is -1.17. The van der Waals surface area contributed by atoms with Gasteiger partial charge in [0.05, 0.1) is 30.0 Å². The fourth-order valence-electron chi connectivity index (χ4n) is 11.2. The number of ether oxygens (including phenoxy) is 2. The number of benzene rings is 2. The van der Waals surface area contributed by atoms with Gasteiger partial charge in [-0.15, -0.1) is 0 Å². The summed E-state index contributed by atoms with van der Waals surface area (Å²) in [5.41, 5.74) is 12.0. The number of aryl methyl sites for hydroxylation is 1. The number of pyridine rings is 1. The average molecular weight is 973 g/mol. The summed E-state index contributed by atoms with van der Waals surface area (Å²) < 4.78 is 14.5. The number of fused-ring (bicyclic) bond motifs is 7. The number of methoxy groups -OCH3 is 1. The summed E-state index contributed by atoms with van der Waals surface area (Å²) in [4.78, 5) is 80.5. The standard InChI is InChI=1S/C55H72N8O8/c1-11-47(65)61-21-17-36(30-61)52(67)60(9)49(32(3)4)51(66)57-45-24-34-22-37(25-39(64)23-34)35-15-16-46-40(26-35)42(28-55(6,7)31-71-54(69)44-14-13-19-63(58-44)53(45)68)50(62(46)12-2)41-27-38-29-59(8)20-18-43(38)56-48(41)33(5)70-10/h11,15-16,22-23,25-27,32-33,36,44-45,49,58,64H,1,12-14,17-21,24,28-31H2,2-10H3,(H,57,66)/t33-,36-,44-,45-,49-/m0/s1. The maximum absolute atomic E-state index is 14.8. The van der Waals surface area contributed by atoms with Gasteiger partial charge in [0.15, 0.2) is 0 Å². The van der Waals surface area contributed by atoms with Gasteiger partial charge in [0, 0.05) is 93.8 Å². The number of rotatable bonds is 10. The Kier molecular flexibility index (Phi) is 15.1. The molecule has 2 fully saturated rings. The number of hydrazine groups is 1. The van der Waals surface area contributed by atoms with Crippen LogP contribution < -0.4 is 10.7 Å². The molecule has 6 bridgehead atoms. The first kappa shape index (κ1) is 51.3. The molecule has 0 spiro atoms. The monoisotopic (exact) mass is 973 g/mol. The highest BCUT2D eigenvalue weighted by atomic mass is 16.5. The first-order chi connectivity index (χ1) is 33.8. The van der Waals surface area contributed by atoms with Gasteiger partial charge in [-0.05, 0) is 117 Å². The molecular formula is C55H72N8O8. The van der Waals surface area contributed by atoms with E-state index in [9.17, 15) is 29.1 Å². The Balaban J connectivity index is 1.22. The number of esters is 1. The number of carbonyl (C=O) groups is 5. The number of carbonyl (C=O) groups excluding carboxylic acids is 5. The molecule has 4 aliphatic heterocycles. The molecule has 16 nitrogen and oxygen atoms in total. The Morgan fingerprint density at radius 3 is 2.56 bits per heavy atom. The summed E-state index contributed by atoms with van der Waals surface area (Å²) in [6.45, 7) is 19.0. The normalized spacial score (nSPS) is 21.6. The van der Waals surface area contributed by atoms with E-state index in [1.807, 2.05) is 32.9 Å². The highest BCUT2D eigenvalue weighted by Gasteiger charge is 2.40. The number of hydrogen-bond donors (Lipinski definition) is 3. The zero-order chi connectivity index (χ0) is 51.1. The molecule has 2 saturated heterocycles. The molecule has 71 heavy (non-hydrogen) atoms. The fourth-order valence-corrected chi connectivity index (χ4v) is 11.2. The molecule has 0 aliphatic carbocycles. The highest BCUT2D eigenvalue weighted by Crippen LogP contribution is 2.43. The highest BCUT2D eigenvalue weighted by molar-refractivity contribution is 5.96. The molecule has 0 saturated carbocycles. The van der Waals surface area contributed by atoms with Crippen molar-refractivity contribution >= 4 is 40.5 Å². The number of likely N-dealkylation sites (tertiary alicyclic amines) is 1. The second kappa shape index (κ2) is 20.9. The maximum atomic E-state index is 14.8. The van der Waals surface area contributed by atoms with Crippen molar-refractivity contribution in [3.8, 4) is 28.1 Å². The number of likely N-dealkylation sites (N-methyl/N-ethyl adjacent to an activating group) is 2. The van der Waals surface area contributed by atoms with E-state index >= 15 is 0 Å². The van der Waals surface area contributed by atoms with Crippen molar-refractivity contribution in [3.05, 3.63) is 83.2 Å². The number of nitrogens with zero attached hydrogens (tertiary/aromatic N) is 6. The number of nitrogens with one attached hydrogen (secondary N) is 2. The number of cyclic esters (lactones) is 1. The Labute approximate surface area is 417 Å². The van der Waals surface area contributed by atoms with Crippen molar-refractivity contribution in [2.75, 3.05) is 54.0 Å². The first-order valence-electron chi connectivity index (χ1n) is 25.3. The van der Waals surface area contributed by atoms with E-state index < -0.39 is 47.2 Å². The topological polar surface area (TPSA) is 179 Å². The summed E-state index contributed by atoms with van der Waals surface area (Å²) in [5, 5.41) is 16.9. The van der Waals surface area contributed by atoms with Crippen molar-refractivity contribution < 1.29 is 38.6 Å². The van der Waals surface area contributed by atoms with E-state index in [4.69, 9.17) is 14.5 Å². The molecular weight excluding hydrogens is 901 g/mol. The van der Waals surface area contributed by atoms with Gasteiger partial charge in [-0.1, -0.05) is 46.4 Å². The number of phenols is 1. The molecule has 8 rings (SSSR count). The Bertz CT molecular complexity index is 2730. The van der Waals surface area contributed by atoms with Crippen molar-refractivity contribution in [1.82, 2.24) is 40.0 Å². The lowest BCUT2D eigenvalue weighted by Gasteiger charge is -2.37. The third-order valence-corrected chi connectivity index (χ3v) is 14.9. The number of hydrogen-bond acceptors (Lipinski definition) is 11. The summed E-state index contributed by atoms with van der Waals surface area (Å²) >= 11 is 0. The molecule has 2 aromatic heterocycles. The van der Waals surface area contributed by atoms with Gasteiger partial charge >= 0.3 is 5.97 Å². The van der Waals surface area contributed by atoms with E-state index in [0.717, 1.165) is 69.7 Å². The zero-order valence-electron chi connectivity index (χ0n) is 43.0. The van der Waals surface area contributed by atoms with Gasteiger partial charge in [-0.2, -0.15) is 0 Å². The van der Waals surface area contributed by atoms with Crippen molar-refractivity contribution in [2.24, 2.45) is 17.3 Å². The van der Waals surface area contributed by atoms with Crippen LogP contribution in [0.5, 0.6) is 5.75 Å². The number of amides is 4. The van der Waals surface area contributed by atoms with Crippen molar-refractivity contribution in [3.63, 3.8) is 0 Å². The van der Waals surface area contributed by atoms with Crippen LogP contribution in [0.3, 0.4) is 0 Å². The van der Waals surface area contributed by atoms with Gasteiger partial charge in [-0.3, -0.25) is 34.0 Å². The van der Waals surface area contributed by atoms with Crippen LogP contribution in [0.25, 0.3) is 33.3 Å². The quantitative estimate of drug-likeness (QED) is 0.126. The van der Waals surface area contributed by atoms with Gasteiger partial charge in [0.1, 0.15) is 23.9 Å². The van der Waals surface area contributed by atoms with Crippen LogP contribution in [-0.4, -0.2) is 136 Å². The van der Waals surface area contributed by atoms with E-state index in [2.05, 4.69) is 72.8 Å². The molecule has 0 radical (unpaired) electrons. The van der Waals surface area contributed by atoms with Crippen LogP contribution in [0.15, 0.2) is 55.1 Å². The van der Waals surface area contributed by atoms with E-state index in [1.165, 1.54) is 21.5 Å². The minimum Gasteiger partial charge on any atom is -0.508 e. The lowest BCUT2D eigenvalue weighted by atomic mass is 9.83. The van der Waals surface area contributed by atoms with Crippen LogP contribution in [0, 0.1) is 17.3 Å². The number of aromatic hydroxyl groups is 1. The van der Waals surface area contributed by atoms with Gasteiger partial charge in [0.25, 0.3) is 5.91 Å². The predicted octanol–water partition coefficient (Wildman–Crippen LogP) is 5.96. The molecule has 2 aromatic carbocycles. The zero-order valence-corrected chi connectivity index (χ0v) is 43.0. The van der Waals surface area contributed by atoms with E-state index in [-0.39, 0.29) is 55.7 Å². The Morgan fingerprint density at radius 1 is 1.07 bits per heavy atom. The van der Waals surface area contributed by atoms with Gasteiger partial charge < -0.3 is 39.2 Å². The second-order valence-corrected chi connectivity index (χ2v) is 21.2. The van der Waals surface area contributed by atoms with Crippen LogP contribution >= 0.6 is 0 Å². The summed E-state index contributed by atoms with van der Waals surface area (Å²) in [7, 11) is 5.43. The Hall–Kier alpha value is -6.10. The van der Waals surface area contributed by atoms with Crippen molar-refractivity contribution in [1.29, 1.82) is 0 Å². The molecule has 3 N–H and O–H groups in total. The molecule has 380 valence electrons. The van der Waals surface area contributed by atoms with Gasteiger partial charge in [-0.25, -0.2) is 5.43 Å². The van der Waals surface area contributed by atoms with Gasteiger partial charge in [0.2, 0.25) is 17.7 Å². The predicted molar refractivity (Wildman–Crippen MR) is 272 cm³/mol. The third kappa shape index (κ3) is 10.6. The lowest BCUT2D eigenvalue weighted by Crippen LogP contribution is -2.62. The van der Waals surface area contributed by atoms with Crippen molar-refractivity contribution in [2.45, 2.75) is 117 Å². The van der Waals surface area contributed by atoms with E-state index in [0.29, 0.717) is 44.3 Å². The van der Waals surface area contributed by atoms with Crippen LogP contribution in [-0.2, 0) is 65.8 Å². The maximum Gasteiger partial charge on any atom is 0.324 e. The lowest BCUT2D eigenvalue weighted by molar-refractivity contribution is -0.155. The molecule has 6 heterocycles. The fraction of sp³-hybridized carbons (Fsp3) is 0.527. The van der Waals surface area contributed by atoms with Crippen LogP contribution in [0.4, 0.5) is 0 Å². The molecule has 4 aromatic rings. The third-order valence-electron chi connectivity index (χ3n) is 14.9. The minimum absolute atomic E-state index is 0.00849. The van der Waals surface area contributed by atoms with Crippen LogP contribution in [0.1, 0.15) is 95.0 Å². The summed E-state index contributed by atoms with van der Waals surface area (Å²) in [5.74, 6) is -2.85. The first-order valence-corrected chi connectivity index (χ1v) is 25.3. The average Bonchev–Trinajstić information content (AvgIpc) is 3.96. The molecule has 4 amide bonds. The second-order valence-electron chi connectivity index (χ2n) is 21.2. The summed E-state index contributed by atoms with van der Waals surface area (Å²) in [6, 6.07) is 10.9. The number of phenolic OH excluding ortho intramolecular Hbond substituents is 1. The number of aromatic nitrogens is 2. The summed E-state index contributed by atoms with van der Waals surface area (Å²) in [6.07, 6.45) is 3.72. The molecule has 4 aliphatic rings. The largest absolute Gasteiger partial charge is 0.508 e. The molecule has 16 heteroatoms. The Morgan fingerprint density at radius 2 is 1.85 bits per heavy atom. The smallest absolute Gasteiger partial charge is 0.324 e. The molecule has 5 atom stereocenters. The molecule has 0 unspecified atom stereocenters.